The molecule has 19 heteroatoms. The molecule has 0 bridgehead atoms. The monoisotopic (exact) mass is 1090 g/mol. The van der Waals surface area contributed by atoms with Gasteiger partial charge in [0.05, 0.1) is 0 Å². The van der Waals surface area contributed by atoms with Crippen LogP contribution in [0.15, 0.2) is 54.6 Å². The van der Waals surface area contributed by atoms with Crippen LogP contribution in [0.2, 0.25) is 0 Å². The number of benzene rings is 3. The van der Waals surface area contributed by atoms with Crippen molar-refractivity contribution in [2.45, 2.75) is 173 Å². The molecule has 9 N–H and O–H groups in total. The summed E-state index contributed by atoms with van der Waals surface area (Å²) in [6.45, 7) is 8.98. The summed E-state index contributed by atoms with van der Waals surface area (Å²) in [6, 6.07) is 17.9. The molecule has 3 aromatic rings. The van der Waals surface area contributed by atoms with Crippen molar-refractivity contribution in [3.05, 3.63) is 82.4 Å². The summed E-state index contributed by atoms with van der Waals surface area (Å²) in [4.78, 5) is 28.1. The molecule has 6 aliphatic rings. The van der Waals surface area contributed by atoms with E-state index in [1.165, 1.54) is 6.07 Å². The van der Waals surface area contributed by atoms with E-state index in [-0.39, 0.29) is 59.1 Å². The number of nitrogens with zero attached hydrogens (tertiary/aromatic N) is 2. The third kappa shape index (κ3) is 12.8. The normalized spacial score (nSPS) is 31.9. The molecule has 0 spiro atoms. The van der Waals surface area contributed by atoms with Gasteiger partial charge >= 0.3 is 11.9 Å². The summed E-state index contributed by atoms with van der Waals surface area (Å²) in [5, 5.41) is 90.6. The molecule has 4 aliphatic heterocycles. The molecule has 0 saturated carbocycles. The smallest absolute Gasteiger partial charge is 0.335 e. The van der Waals surface area contributed by atoms with E-state index in [1.807, 2.05) is 42.5 Å². The van der Waals surface area contributed by atoms with Crippen LogP contribution in [0.1, 0.15) is 95.0 Å². The van der Waals surface area contributed by atoms with E-state index >= 15 is 0 Å². The fourth-order valence-corrected chi connectivity index (χ4v) is 11.4. The Labute approximate surface area is 447 Å². The minimum Gasteiger partial charge on any atom is -0.504 e. The molecule has 1 radical (unpaired) electrons. The molecule has 14 atom stereocenters. The number of phenols is 1. The minimum atomic E-state index is -1.79. The number of fused-ring (bicyclic) bond motifs is 4. The number of carboxylic acid groups (broad SMARTS) is 2. The van der Waals surface area contributed by atoms with Crippen LogP contribution in [0.3, 0.4) is 0 Å². The van der Waals surface area contributed by atoms with Crippen LogP contribution < -0.4 is 14.2 Å². The van der Waals surface area contributed by atoms with E-state index < -0.39 is 73.4 Å². The van der Waals surface area contributed by atoms with Gasteiger partial charge in [0.25, 0.3) is 0 Å². The third-order valence-electron chi connectivity index (χ3n) is 14.9. The van der Waals surface area contributed by atoms with Gasteiger partial charge in [-0.25, -0.2) is 9.59 Å². The van der Waals surface area contributed by atoms with Crippen LogP contribution in [-0.2, 0) is 84.1 Å². The Morgan fingerprint density at radius 3 is 1.54 bits per heavy atom. The van der Waals surface area contributed by atoms with Gasteiger partial charge in [0.2, 0.25) is 12.6 Å². The summed E-state index contributed by atoms with van der Waals surface area (Å²) < 4.78 is 28.9. The second kappa shape index (κ2) is 26.3. The first-order valence-electron chi connectivity index (χ1n) is 24.5. The summed E-state index contributed by atoms with van der Waals surface area (Å²) >= 11 is 0. The Bertz CT molecular complexity index is 2240. The van der Waals surface area contributed by atoms with E-state index in [2.05, 4.69) is 29.7 Å². The number of aromatic hydroxyl groups is 1. The van der Waals surface area contributed by atoms with Crippen LogP contribution in [0.25, 0.3) is 0 Å². The van der Waals surface area contributed by atoms with Gasteiger partial charge in [0.15, 0.2) is 35.2 Å². The molecule has 18 nitrogen and oxygen atoms in total. The number of aliphatic hydroxyl groups excluding tert-OH is 6. The Morgan fingerprint density at radius 2 is 1.07 bits per heavy atom. The molecule has 4 heterocycles. The molecular weight excluding hydrogens is 1010 g/mol. The molecule has 0 aromatic heterocycles. The van der Waals surface area contributed by atoms with Crippen molar-refractivity contribution in [2.75, 3.05) is 26.2 Å². The Hall–Kier alpha value is -3.50. The van der Waals surface area contributed by atoms with Gasteiger partial charge in [-0.3, -0.25) is 9.80 Å². The van der Waals surface area contributed by atoms with Crippen LogP contribution >= 0.6 is 0 Å². The predicted molar refractivity (Wildman–Crippen MR) is 260 cm³/mol. The molecule has 3 aromatic carbocycles. The number of hydrogen-bond acceptors (Lipinski definition) is 16. The van der Waals surface area contributed by atoms with E-state index in [9.17, 15) is 55.5 Å². The van der Waals surface area contributed by atoms with Gasteiger partial charge in [-0.1, -0.05) is 71.2 Å². The molecule has 72 heavy (non-hydrogen) atoms. The Kier molecular flexibility index (Phi) is 21.7. The summed E-state index contributed by atoms with van der Waals surface area (Å²) in [6.07, 6.45) is -7.18. The largest absolute Gasteiger partial charge is 0.504 e. The number of aliphatic carboxylic acids is 2. The SMILES string of the molecule is C.C.CCCN1CCC[C@@H]2Cc3c(ccc(O)c3O[C@@H]3O[C@H](C(=O)O)[C@@H](O)[C@H](O)[C@H]3O)C[C@H]21.CCCN1CCC[C@@H]2Cc3c(ccc(OCc4ccccc4)c3O[C@@H]3O[C@H](C(=O)O)[C@@H](O)[C@H](O)[C@H]3O)C[C@H]21.[Y]. The van der Waals surface area contributed by atoms with Crippen molar-refractivity contribution in [3.63, 3.8) is 0 Å². The van der Waals surface area contributed by atoms with Crippen LogP contribution in [-0.4, -0.2) is 167 Å². The topological polar surface area (TPSA) is 269 Å². The maximum Gasteiger partial charge on any atom is 0.335 e. The summed E-state index contributed by atoms with van der Waals surface area (Å²) in [5.41, 5.74) is 4.91. The fraction of sp³-hybridized carbons (Fsp3) is 0.623. The number of hydrogen-bond donors (Lipinski definition) is 9. The van der Waals surface area contributed by atoms with Crippen LogP contribution in [0.4, 0.5) is 0 Å². The number of likely N-dealkylation sites (tertiary alicyclic amines) is 2. The molecular formula is C53H76N2O16Y. The zero-order valence-electron chi connectivity index (χ0n) is 39.7. The van der Waals surface area contributed by atoms with Crippen molar-refractivity contribution in [2.24, 2.45) is 11.8 Å². The number of phenolic OH excluding ortho intramolecular Hbond substituents is 1. The molecule has 9 rings (SSSR count). The zero-order valence-corrected chi connectivity index (χ0v) is 42.6. The first-order valence-corrected chi connectivity index (χ1v) is 24.5. The van der Waals surface area contributed by atoms with Gasteiger partial charge in [0.1, 0.15) is 43.2 Å². The molecule has 0 unspecified atom stereocenters. The van der Waals surface area contributed by atoms with Crippen molar-refractivity contribution in [3.8, 4) is 23.0 Å². The maximum atomic E-state index is 11.7. The van der Waals surface area contributed by atoms with Crippen molar-refractivity contribution >= 4 is 11.9 Å². The van der Waals surface area contributed by atoms with E-state index in [4.69, 9.17) is 23.7 Å². The number of piperidine rings is 2. The molecule has 4 fully saturated rings. The predicted octanol–water partition coefficient (Wildman–Crippen LogP) is 3.65. The van der Waals surface area contributed by atoms with Crippen LogP contribution in [0.5, 0.6) is 23.0 Å². The number of carboxylic acids is 2. The van der Waals surface area contributed by atoms with Gasteiger partial charge in [0, 0.05) is 55.9 Å². The first-order chi connectivity index (χ1) is 33.2. The third-order valence-corrected chi connectivity index (χ3v) is 14.9. The Morgan fingerprint density at radius 1 is 0.611 bits per heavy atom. The van der Waals surface area contributed by atoms with Gasteiger partial charge < -0.3 is 69.6 Å². The average molecular weight is 1090 g/mol. The minimum absolute atomic E-state index is 0. The second-order valence-corrected chi connectivity index (χ2v) is 19.4. The molecule has 4 saturated heterocycles. The zero-order chi connectivity index (χ0) is 49.1. The number of carbonyl (C=O) groups is 2. The van der Waals surface area contributed by atoms with Gasteiger partial charge in [-0.2, -0.15) is 0 Å². The average Bonchev–Trinajstić information content (AvgIpc) is 3.34. The van der Waals surface area contributed by atoms with E-state index in [0.29, 0.717) is 48.4 Å². The number of aliphatic hydroxyl groups is 6. The van der Waals surface area contributed by atoms with Crippen molar-refractivity contribution < 1.29 is 112 Å². The quantitative estimate of drug-likeness (QED) is 0.118. The van der Waals surface area contributed by atoms with Crippen molar-refractivity contribution in [1.82, 2.24) is 9.80 Å². The Balaban J connectivity index is 0.000000262. The standard InChI is InChI=1S/C29H37NO8.C22H31NO8.2CH4.Y/c1-2-12-30-13-6-9-19-14-20-18(15-21(19)30)10-11-22(36-16-17-7-4-3-5-8-17)26(20)37-29-25(33)23(31)24(32)27(38-29)28(34)35;1-2-7-23-8-3-4-12-9-13-11(10-14(12)23)5-6-15(24)19(13)30-22-18(27)16(25)17(26)20(31-22)21(28)29;;;/h3-5,7-8,10-11,19,21,23-25,27,29,31-33H,2,6,9,12-16H2,1H3,(H,34,35);5-6,12,14,16-18,20,22,24-27H,2-4,7-10H2,1H3,(H,28,29);2*1H4;/t19-,21-,23+,24+,25-,27+,29-;12-,14-,16+,17+,18-,20+,22-;;;/m11.../s1. The van der Waals surface area contributed by atoms with E-state index in [0.717, 1.165) is 112 Å². The van der Waals surface area contributed by atoms with Gasteiger partial charge in [-0.15, -0.1) is 0 Å². The van der Waals surface area contributed by atoms with Gasteiger partial charge in [-0.05, 0) is 131 Å². The van der Waals surface area contributed by atoms with E-state index in [1.54, 1.807) is 0 Å². The first kappa shape index (κ1) is 59.4. The molecule has 0 amide bonds. The number of ether oxygens (including phenoxy) is 5. The second-order valence-electron chi connectivity index (χ2n) is 19.4. The summed E-state index contributed by atoms with van der Waals surface area (Å²) in [5.74, 6) is -1.24. The molecule has 397 valence electrons. The molecule has 2 aliphatic carbocycles. The fourth-order valence-electron chi connectivity index (χ4n) is 11.4. The maximum absolute atomic E-state index is 11.7. The summed E-state index contributed by atoms with van der Waals surface area (Å²) in [7, 11) is 0. The van der Waals surface area contributed by atoms with Crippen molar-refractivity contribution in [1.29, 1.82) is 0 Å². The number of rotatable bonds is 13. The van der Waals surface area contributed by atoms with Crippen LogP contribution in [0, 0.1) is 11.8 Å².